The number of halogens is 1. The summed E-state index contributed by atoms with van der Waals surface area (Å²) in [6.45, 7) is 0. The van der Waals surface area contributed by atoms with Gasteiger partial charge in [0.15, 0.2) is 0 Å². The monoisotopic (exact) mass is 298 g/mol. The van der Waals surface area contributed by atoms with Gasteiger partial charge in [-0.2, -0.15) is 5.10 Å². The molecule has 0 bridgehead atoms. The molecule has 0 saturated heterocycles. The highest BCUT2D eigenvalue weighted by atomic mass is 35.5. The molecular formula is C16H11ClN2O2. The summed E-state index contributed by atoms with van der Waals surface area (Å²) in [6.07, 6.45) is 3.63. The van der Waals surface area contributed by atoms with E-state index in [4.69, 9.17) is 16.7 Å². The number of aromatic carboxylic acids is 1. The number of carbonyl (C=O) groups is 1. The molecule has 3 rings (SSSR count). The Morgan fingerprint density at radius 3 is 2.29 bits per heavy atom. The minimum absolute atomic E-state index is 0.267. The van der Waals surface area contributed by atoms with Crippen LogP contribution < -0.4 is 0 Å². The van der Waals surface area contributed by atoms with Crippen molar-refractivity contribution in [3.8, 4) is 16.8 Å². The van der Waals surface area contributed by atoms with Crippen molar-refractivity contribution >= 4 is 17.6 Å². The predicted molar refractivity (Wildman–Crippen MR) is 81.0 cm³/mol. The van der Waals surface area contributed by atoms with Gasteiger partial charge in [-0.15, -0.1) is 0 Å². The minimum Gasteiger partial charge on any atom is -0.478 e. The van der Waals surface area contributed by atoms with E-state index >= 15 is 0 Å². The lowest BCUT2D eigenvalue weighted by molar-refractivity contribution is 0.0697. The maximum atomic E-state index is 10.8. The van der Waals surface area contributed by atoms with Gasteiger partial charge in [-0.05, 0) is 42.0 Å². The zero-order valence-electron chi connectivity index (χ0n) is 10.9. The molecular weight excluding hydrogens is 288 g/mol. The van der Waals surface area contributed by atoms with E-state index in [0.717, 1.165) is 16.8 Å². The van der Waals surface area contributed by atoms with Gasteiger partial charge in [-0.3, -0.25) is 0 Å². The van der Waals surface area contributed by atoms with Crippen LogP contribution in [-0.2, 0) is 0 Å². The van der Waals surface area contributed by atoms with E-state index in [9.17, 15) is 4.79 Å². The highest BCUT2D eigenvalue weighted by molar-refractivity contribution is 6.30. The van der Waals surface area contributed by atoms with Gasteiger partial charge < -0.3 is 5.11 Å². The third-order valence-corrected chi connectivity index (χ3v) is 3.39. The van der Waals surface area contributed by atoms with Crippen molar-refractivity contribution in [2.75, 3.05) is 0 Å². The minimum atomic E-state index is -0.932. The molecule has 1 aromatic heterocycles. The van der Waals surface area contributed by atoms with E-state index in [1.54, 1.807) is 47.3 Å². The van der Waals surface area contributed by atoms with Crippen LogP contribution >= 0.6 is 11.6 Å². The second-order valence-corrected chi connectivity index (χ2v) is 4.97. The maximum Gasteiger partial charge on any atom is 0.335 e. The fraction of sp³-hybridized carbons (Fsp3) is 0. The van der Waals surface area contributed by atoms with Gasteiger partial charge in [0.2, 0.25) is 0 Å². The van der Waals surface area contributed by atoms with Gasteiger partial charge in [0, 0.05) is 16.8 Å². The van der Waals surface area contributed by atoms with Crippen LogP contribution in [0.25, 0.3) is 16.8 Å². The molecule has 1 N–H and O–H groups in total. The molecule has 0 amide bonds. The van der Waals surface area contributed by atoms with Crippen molar-refractivity contribution in [3.05, 3.63) is 71.5 Å². The Kier molecular flexibility index (Phi) is 3.46. The van der Waals surface area contributed by atoms with E-state index in [0.29, 0.717) is 5.02 Å². The molecule has 5 heteroatoms. The van der Waals surface area contributed by atoms with E-state index in [1.165, 1.54) is 0 Å². The van der Waals surface area contributed by atoms with Crippen LogP contribution in [0.1, 0.15) is 10.4 Å². The zero-order valence-corrected chi connectivity index (χ0v) is 11.7. The molecule has 104 valence electrons. The molecule has 0 fully saturated rings. The molecule has 0 unspecified atom stereocenters. The lowest BCUT2D eigenvalue weighted by atomic mass is 10.1. The van der Waals surface area contributed by atoms with Crippen molar-refractivity contribution in [3.63, 3.8) is 0 Å². The van der Waals surface area contributed by atoms with Crippen molar-refractivity contribution in [2.45, 2.75) is 0 Å². The van der Waals surface area contributed by atoms with E-state index < -0.39 is 5.97 Å². The number of carboxylic acids is 1. The summed E-state index contributed by atoms with van der Waals surface area (Å²) in [5.74, 6) is -0.932. The van der Waals surface area contributed by atoms with Crippen LogP contribution in [-0.4, -0.2) is 20.9 Å². The quantitative estimate of drug-likeness (QED) is 0.798. The molecule has 0 radical (unpaired) electrons. The highest BCUT2D eigenvalue weighted by Gasteiger charge is 2.06. The predicted octanol–water partition coefficient (Wildman–Crippen LogP) is 3.89. The topological polar surface area (TPSA) is 55.1 Å². The molecule has 21 heavy (non-hydrogen) atoms. The van der Waals surface area contributed by atoms with Gasteiger partial charge >= 0.3 is 5.97 Å². The second kappa shape index (κ2) is 5.42. The Balaban J connectivity index is 1.90. The molecule has 0 aliphatic heterocycles. The number of aromatic nitrogens is 2. The summed E-state index contributed by atoms with van der Waals surface area (Å²) in [6, 6.07) is 14.1. The second-order valence-electron chi connectivity index (χ2n) is 4.53. The lowest BCUT2D eigenvalue weighted by Crippen LogP contribution is -1.94. The maximum absolute atomic E-state index is 10.8. The van der Waals surface area contributed by atoms with Crippen molar-refractivity contribution in [1.29, 1.82) is 0 Å². The van der Waals surface area contributed by atoms with Gasteiger partial charge in [-0.1, -0.05) is 23.7 Å². The van der Waals surface area contributed by atoms with Crippen LogP contribution in [0.5, 0.6) is 0 Å². The molecule has 0 saturated carbocycles. The van der Waals surface area contributed by atoms with Crippen LogP contribution in [0, 0.1) is 0 Å². The Hall–Kier alpha value is -2.59. The Morgan fingerprint density at radius 1 is 1.00 bits per heavy atom. The summed E-state index contributed by atoms with van der Waals surface area (Å²) in [4.78, 5) is 10.8. The number of nitrogens with zero attached hydrogens (tertiary/aromatic N) is 2. The molecule has 3 aromatic rings. The third-order valence-electron chi connectivity index (χ3n) is 3.14. The first-order chi connectivity index (χ1) is 10.1. The zero-order chi connectivity index (χ0) is 14.8. The Morgan fingerprint density at radius 2 is 1.67 bits per heavy atom. The average molecular weight is 299 g/mol. The van der Waals surface area contributed by atoms with Crippen molar-refractivity contribution < 1.29 is 9.90 Å². The average Bonchev–Trinajstić information content (AvgIpc) is 2.98. The molecule has 0 aliphatic carbocycles. The first kappa shape index (κ1) is 13.4. The van der Waals surface area contributed by atoms with Gasteiger partial charge in [-0.25, -0.2) is 9.48 Å². The van der Waals surface area contributed by atoms with Gasteiger partial charge in [0.25, 0.3) is 0 Å². The number of rotatable bonds is 3. The van der Waals surface area contributed by atoms with Crippen LogP contribution in [0.2, 0.25) is 5.02 Å². The number of hydrogen-bond donors (Lipinski definition) is 1. The van der Waals surface area contributed by atoms with Crippen LogP contribution in [0.3, 0.4) is 0 Å². The molecule has 0 aliphatic rings. The summed E-state index contributed by atoms with van der Waals surface area (Å²) >= 11 is 5.86. The van der Waals surface area contributed by atoms with Crippen LogP contribution in [0.15, 0.2) is 60.9 Å². The normalized spacial score (nSPS) is 10.5. The van der Waals surface area contributed by atoms with E-state index in [1.807, 2.05) is 18.3 Å². The highest BCUT2D eigenvalue weighted by Crippen LogP contribution is 2.21. The smallest absolute Gasteiger partial charge is 0.335 e. The number of hydrogen-bond acceptors (Lipinski definition) is 2. The Labute approximate surface area is 126 Å². The Bertz CT molecular complexity index is 777. The largest absolute Gasteiger partial charge is 0.478 e. The summed E-state index contributed by atoms with van der Waals surface area (Å²) < 4.78 is 1.75. The number of benzene rings is 2. The van der Waals surface area contributed by atoms with Crippen molar-refractivity contribution in [1.82, 2.24) is 9.78 Å². The number of carboxylic acid groups (broad SMARTS) is 1. The SMILES string of the molecule is O=C(O)c1ccc(-c2cnn(-c3ccc(Cl)cc3)c2)cc1. The van der Waals surface area contributed by atoms with E-state index in [-0.39, 0.29) is 5.56 Å². The lowest BCUT2D eigenvalue weighted by Gasteiger charge is -2.01. The molecule has 0 atom stereocenters. The standard InChI is InChI=1S/C16H11ClN2O2/c17-14-5-7-15(8-6-14)19-10-13(9-18-19)11-1-3-12(4-2-11)16(20)21/h1-10H,(H,20,21). The molecule has 0 spiro atoms. The first-order valence-corrected chi connectivity index (χ1v) is 6.65. The first-order valence-electron chi connectivity index (χ1n) is 6.28. The molecule has 4 nitrogen and oxygen atoms in total. The summed E-state index contributed by atoms with van der Waals surface area (Å²) in [5.41, 5.74) is 3.01. The van der Waals surface area contributed by atoms with E-state index in [2.05, 4.69) is 5.10 Å². The van der Waals surface area contributed by atoms with Crippen molar-refractivity contribution in [2.24, 2.45) is 0 Å². The van der Waals surface area contributed by atoms with Gasteiger partial charge in [0.05, 0.1) is 17.4 Å². The molecule has 1 heterocycles. The fourth-order valence-corrected chi connectivity index (χ4v) is 2.14. The molecule has 2 aromatic carbocycles. The van der Waals surface area contributed by atoms with Crippen LogP contribution in [0.4, 0.5) is 0 Å². The third kappa shape index (κ3) is 2.80. The van der Waals surface area contributed by atoms with Gasteiger partial charge in [0.1, 0.15) is 0 Å². The summed E-state index contributed by atoms with van der Waals surface area (Å²) in [5, 5.41) is 13.9. The fourth-order valence-electron chi connectivity index (χ4n) is 2.01. The summed E-state index contributed by atoms with van der Waals surface area (Å²) in [7, 11) is 0.